The molecule has 0 aliphatic carbocycles. The van der Waals surface area contributed by atoms with E-state index < -0.39 is 0 Å². The van der Waals surface area contributed by atoms with Crippen LogP contribution in [-0.2, 0) is 0 Å². The first-order valence-electron chi connectivity index (χ1n) is 6.60. The van der Waals surface area contributed by atoms with Gasteiger partial charge in [-0.25, -0.2) is 0 Å². The molecule has 0 atom stereocenters. The first-order chi connectivity index (χ1) is 9.70. The van der Waals surface area contributed by atoms with Gasteiger partial charge in [-0.05, 0) is 36.8 Å². The molecule has 0 fully saturated rings. The van der Waals surface area contributed by atoms with Gasteiger partial charge in [0, 0.05) is 22.9 Å². The number of carbonyl (C=O) groups excluding carboxylic acids is 1. The number of carbonyl (C=O) groups is 1. The molecule has 3 nitrogen and oxygen atoms in total. The van der Waals surface area contributed by atoms with E-state index in [1.54, 1.807) is 12.1 Å². The van der Waals surface area contributed by atoms with Crippen molar-refractivity contribution in [1.82, 2.24) is 0 Å². The highest BCUT2D eigenvalue weighted by Gasteiger charge is 2.12. The van der Waals surface area contributed by atoms with Crippen molar-refractivity contribution in [3.8, 4) is 0 Å². The summed E-state index contributed by atoms with van der Waals surface area (Å²) in [5, 5.41) is 6.65. The van der Waals surface area contributed by atoms with Crippen molar-refractivity contribution in [2.24, 2.45) is 0 Å². The summed E-state index contributed by atoms with van der Waals surface area (Å²) in [6, 6.07) is 14.6. The van der Waals surface area contributed by atoms with E-state index >= 15 is 0 Å². The predicted octanol–water partition coefficient (Wildman–Crippen LogP) is 4.41. The minimum absolute atomic E-state index is 0.169. The van der Waals surface area contributed by atoms with Crippen molar-refractivity contribution in [2.75, 3.05) is 17.2 Å². The van der Waals surface area contributed by atoms with Gasteiger partial charge in [-0.3, -0.25) is 4.79 Å². The van der Waals surface area contributed by atoms with Gasteiger partial charge in [0.1, 0.15) is 0 Å². The number of halogens is 1. The van der Waals surface area contributed by atoms with Crippen LogP contribution < -0.4 is 10.6 Å². The minimum atomic E-state index is -0.169. The van der Waals surface area contributed by atoms with Crippen LogP contribution in [0.1, 0.15) is 23.7 Å². The Balaban J connectivity index is 2.21. The number of benzene rings is 2. The van der Waals surface area contributed by atoms with Gasteiger partial charge < -0.3 is 10.6 Å². The van der Waals surface area contributed by atoms with Gasteiger partial charge in [0.15, 0.2) is 0 Å². The van der Waals surface area contributed by atoms with Gasteiger partial charge >= 0.3 is 0 Å². The van der Waals surface area contributed by atoms with Gasteiger partial charge in [-0.15, -0.1) is 0 Å². The lowest BCUT2D eigenvalue weighted by Gasteiger charge is -2.12. The molecule has 2 aromatic rings. The number of hydrogen-bond donors (Lipinski definition) is 2. The zero-order chi connectivity index (χ0) is 14.4. The number of amides is 1. The fourth-order valence-electron chi connectivity index (χ4n) is 1.84. The molecule has 2 N–H and O–H groups in total. The highest BCUT2D eigenvalue weighted by Crippen LogP contribution is 2.22. The average Bonchev–Trinajstić information content (AvgIpc) is 2.47. The molecule has 0 unspecified atom stereocenters. The number of anilines is 2. The second kappa shape index (κ2) is 6.96. The van der Waals surface area contributed by atoms with E-state index in [-0.39, 0.29) is 5.91 Å². The topological polar surface area (TPSA) is 41.1 Å². The second-order valence-corrected chi connectivity index (χ2v) is 4.87. The third kappa shape index (κ3) is 3.75. The third-order valence-corrected chi connectivity index (χ3v) is 3.06. The third-order valence-electron chi connectivity index (χ3n) is 2.82. The molecule has 0 radical (unpaired) electrons. The minimum Gasteiger partial charge on any atom is -0.384 e. The van der Waals surface area contributed by atoms with Crippen LogP contribution in [0.2, 0.25) is 5.02 Å². The highest BCUT2D eigenvalue weighted by atomic mass is 35.5. The molecule has 104 valence electrons. The van der Waals surface area contributed by atoms with Gasteiger partial charge in [-0.2, -0.15) is 0 Å². The number of hydrogen-bond acceptors (Lipinski definition) is 2. The van der Waals surface area contributed by atoms with Crippen LogP contribution >= 0.6 is 11.6 Å². The summed E-state index contributed by atoms with van der Waals surface area (Å²) in [5.41, 5.74) is 2.11. The molecule has 2 rings (SSSR count). The van der Waals surface area contributed by atoms with Crippen LogP contribution in [0.3, 0.4) is 0 Å². The standard InChI is InChI=1S/C16H17ClN2O/c1-2-10-18-15-9-8-12(17)11-14(15)16(20)19-13-6-4-3-5-7-13/h3-9,11,18H,2,10H2,1H3,(H,19,20). The van der Waals surface area contributed by atoms with E-state index in [0.717, 1.165) is 24.3 Å². The summed E-state index contributed by atoms with van der Waals surface area (Å²) in [5.74, 6) is -0.169. The van der Waals surface area contributed by atoms with Crippen LogP contribution in [-0.4, -0.2) is 12.5 Å². The molecule has 0 heterocycles. The molecule has 2 aromatic carbocycles. The Labute approximate surface area is 124 Å². The fourth-order valence-corrected chi connectivity index (χ4v) is 2.01. The molecular formula is C16H17ClN2O. The maximum atomic E-state index is 12.3. The number of rotatable bonds is 5. The number of nitrogens with one attached hydrogen (secondary N) is 2. The van der Waals surface area contributed by atoms with E-state index in [4.69, 9.17) is 11.6 Å². The van der Waals surface area contributed by atoms with E-state index in [2.05, 4.69) is 17.6 Å². The monoisotopic (exact) mass is 288 g/mol. The SMILES string of the molecule is CCCNc1ccc(Cl)cc1C(=O)Nc1ccccc1. The molecule has 0 aliphatic heterocycles. The van der Waals surface area contributed by atoms with Crippen molar-refractivity contribution >= 4 is 28.9 Å². The zero-order valence-electron chi connectivity index (χ0n) is 11.3. The summed E-state index contributed by atoms with van der Waals surface area (Å²) in [6.45, 7) is 2.89. The predicted molar refractivity (Wildman–Crippen MR) is 84.6 cm³/mol. The smallest absolute Gasteiger partial charge is 0.257 e. The Morgan fingerprint density at radius 1 is 1.15 bits per heavy atom. The van der Waals surface area contributed by atoms with Gasteiger partial charge in [-0.1, -0.05) is 36.7 Å². The zero-order valence-corrected chi connectivity index (χ0v) is 12.1. The van der Waals surface area contributed by atoms with Crippen LogP contribution in [0, 0.1) is 0 Å². The highest BCUT2D eigenvalue weighted by molar-refractivity contribution is 6.31. The molecule has 20 heavy (non-hydrogen) atoms. The molecule has 0 bridgehead atoms. The Hall–Kier alpha value is -2.00. The molecule has 0 aliphatic rings. The molecule has 4 heteroatoms. The summed E-state index contributed by atoms with van der Waals surface area (Å²) < 4.78 is 0. The van der Waals surface area contributed by atoms with Crippen molar-refractivity contribution in [3.05, 3.63) is 59.1 Å². The van der Waals surface area contributed by atoms with Crippen LogP contribution in [0.4, 0.5) is 11.4 Å². The fraction of sp³-hybridized carbons (Fsp3) is 0.188. The molecule has 0 aromatic heterocycles. The molecule has 0 saturated heterocycles. The number of para-hydroxylation sites is 1. The Morgan fingerprint density at radius 2 is 1.90 bits per heavy atom. The maximum Gasteiger partial charge on any atom is 0.257 e. The first kappa shape index (κ1) is 14.4. The second-order valence-electron chi connectivity index (χ2n) is 4.44. The van der Waals surface area contributed by atoms with E-state index in [1.807, 2.05) is 36.4 Å². The summed E-state index contributed by atoms with van der Waals surface area (Å²) in [4.78, 5) is 12.3. The van der Waals surface area contributed by atoms with Crippen molar-refractivity contribution in [2.45, 2.75) is 13.3 Å². The van der Waals surface area contributed by atoms with Crippen LogP contribution in [0.5, 0.6) is 0 Å². The van der Waals surface area contributed by atoms with Crippen molar-refractivity contribution < 1.29 is 4.79 Å². The Bertz CT molecular complexity index is 584. The quantitative estimate of drug-likeness (QED) is 0.855. The summed E-state index contributed by atoms with van der Waals surface area (Å²) in [7, 11) is 0. The largest absolute Gasteiger partial charge is 0.384 e. The maximum absolute atomic E-state index is 12.3. The van der Waals surface area contributed by atoms with Crippen molar-refractivity contribution in [3.63, 3.8) is 0 Å². The van der Waals surface area contributed by atoms with E-state index in [9.17, 15) is 4.79 Å². The Morgan fingerprint density at radius 3 is 2.60 bits per heavy atom. The van der Waals surface area contributed by atoms with Gasteiger partial charge in [0.25, 0.3) is 5.91 Å². The lowest BCUT2D eigenvalue weighted by molar-refractivity contribution is 0.102. The average molecular weight is 289 g/mol. The molecular weight excluding hydrogens is 272 g/mol. The van der Waals surface area contributed by atoms with Gasteiger partial charge in [0.05, 0.1) is 5.56 Å². The Kier molecular flexibility index (Phi) is 5.02. The summed E-state index contributed by atoms with van der Waals surface area (Å²) in [6.07, 6.45) is 0.988. The molecule has 1 amide bonds. The normalized spacial score (nSPS) is 10.1. The first-order valence-corrected chi connectivity index (χ1v) is 6.98. The van der Waals surface area contributed by atoms with Crippen LogP contribution in [0.15, 0.2) is 48.5 Å². The lowest BCUT2D eigenvalue weighted by Crippen LogP contribution is -2.15. The van der Waals surface area contributed by atoms with Crippen molar-refractivity contribution in [1.29, 1.82) is 0 Å². The van der Waals surface area contributed by atoms with E-state index in [0.29, 0.717) is 10.6 Å². The van der Waals surface area contributed by atoms with E-state index in [1.165, 1.54) is 0 Å². The molecule has 0 saturated carbocycles. The molecule has 0 spiro atoms. The van der Waals surface area contributed by atoms with Gasteiger partial charge in [0.2, 0.25) is 0 Å². The van der Waals surface area contributed by atoms with Crippen LogP contribution in [0.25, 0.3) is 0 Å². The lowest BCUT2D eigenvalue weighted by atomic mass is 10.1. The summed E-state index contributed by atoms with van der Waals surface area (Å²) >= 11 is 5.99.